The maximum atomic E-state index is 10.8. The number of carboxylic acids is 2. The average Bonchev–Trinajstić information content (AvgIpc) is 1.04. The number of rotatable bonds is 9. The van der Waals surface area contributed by atoms with Crippen LogP contribution >= 0.6 is 0 Å². The van der Waals surface area contributed by atoms with Crippen LogP contribution in [0, 0.1) is 61.5 Å². The van der Waals surface area contributed by atoms with E-state index in [4.69, 9.17) is 5.11 Å². The molecular weight excluding hydrogens is 1340 g/mol. The van der Waals surface area contributed by atoms with Gasteiger partial charge in [-0.1, -0.05) is 98.3 Å². The first-order valence-corrected chi connectivity index (χ1v) is 28.1. The number of nitrogens with zero attached hydrogens (tertiary/aromatic N) is 11. The van der Waals surface area contributed by atoms with Crippen molar-refractivity contribution in [1.29, 1.82) is 0 Å². The Kier molecular flexibility index (Phi) is 22.0. The Morgan fingerprint density at radius 3 is 1.29 bits per heavy atom. The number of aromatic carboxylic acids is 2. The Bertz CT molecular complexity index is 4540. The van der Waals surface area contributed by atoms with Crippen LogP contribution in [0.1, 0.15) is 65.2 Å². The molecule has 0 fully saturated rings. The summed E-state index contributed by atoms with van der Waals surface area (Å²) >= 11 is 0. The van der Waals surface area contributed by atoms with Crippen molar-refractivity contribution in [2.24, 2.45) is 0 Å². The third-order valence-corrected chi connectivity index (χ3v) is 15.1. The first-order valence-electron chi connectivity index (χ1n) is 28.1. The number of hydrogen-bond donors (Lipinski definition) is 1. The number of aryl methyl sites for hydroxylation is 8. The van der Waals surface area contributed by atoms with E-state index in [0.29, 0.717) is 58.9 Å². The van der Waals surface area contributed by atoms with Gasteiger partial charge >= 0.3 is 44.9 Å². The molecule has 14 aromatic rings. The Hall–Kier alpha value is -10.7. The Morgan fingerprint density at radius 1 is 0.478 bits per heavy atom. The molecule has 0 saturated heterocycles. The van der Waals surface area contributed by atoms with Crippen molar-refractivity contribution in [3.8, 4) is 45.9 Å². The van der Waals surface area contributed by atoms with E-state index in [-0.39, 0.29) is 50.1 Å². The van der Waals surface area contributed by atoms with Crippen LogP contribution in [-0.4, -0.2) is 74.8 Å². The molecule has 0 aliphatic rings. The zero-order valence-electron chi connectivity index (χ0n) is 50.8. The molecule has 9 heterocycles. The maximum absolute atomic E-state index is 10.8. The molecule has 0 bridgehead atoms. The second kappa shape index (κ2) is 30.2. The van der Waals surface area contributed by atoms with Gasteiger partial charge in [0, 0.05) is 71.8 Å². The molecule has 14 rings (SSSR count). The van der Waals surface area contributed by atoms with Gasteiger partial charge in [-0.2, -0.15) is 0 Å². The van der Waals surface area contributed by atoms with Gasteiger partial charge < -0.3 is 49.4 Å². The fourth-order valence-corrected chi connectivity index (χ4v) is 9.62. The molecule has 5 aromatic carbocycles. The van der Waals surface area contributed by atoms with Crippen LogP contribution in [0.3, 0.4) is 0 Å². The number of pyridine rings is 7. The van der Waals surface area contributed by atoms with Gasteiger partial charge in [-0.25, -0.2) is 4.79 Å². The van der Waals surface area contributed by atoms with E-state index in [2.05, 4.69) is 156 Å². The fourth-order valence-electron chi connectivity index (χ4n) is 9.62. The minimum atomic E-state index is -1.29. The summed E-state index contributed by atoms with van der Waals surface area (Å²) in [6, 6.07) is 41.2. The van der Waals surface area contributed by atoms with Gasteiger partial charge in [-0.3, -0.25) is 39.5 Å². The van der Waals surface area contributed by atoms with Crippen molar-refractivity contribution in [2.45, 2.75) is 55.4 Å². The molecule has 1 radical (unpaired) electrons. The first kappa shape index (κ1) is 67.2. The summed E-state index contributed by atoms with van der Waals surface area (Å²) in [5, 5.41) is 25.7. The number of ether oxygens (including phenoxy) is 2. The summed E-state index contributed by atoms with van der Waals surface area (Å²) in [6.07, 6.45) is 11.4. The Labute approximate surface area is 553 Å². The molecule has 1 N–H and O–H groups in total. The summed E-state index contributed by atoms with van der Waals surface area (Å²) < 4.78 is 9.35. The molecule has 92 heavy (non-hydrogen) atoms. The van der Waals surface area contributed by atoms with Gasteiger partial charge in [0.15, 0.2) is 0 Å². The van der Waals surface area contributed by atoms with Crippen molar-refractivity contribution in [1.82, 2.24) is 54.8 Å². The predicted molar refractivity (Wildman–Crippen MR) is 342 cm³/mol. The smallest absolute Gasteiger partial charge is 0.545 e. The van der Waals surface area contributed by atoms with E-state index >= 15 is 0 Å². The first-order chi connectivity index (χ1) is 43.5. The molecule has 0 unspecified atom stereocenters. The molecule has 0 spiro atoms. The Balaban J connectivity index is 0.000000147. The Morgan fingerprint density at radius 2 is 0.859 bits per heavy atom. The van der Waals surface area contributed by atoms with Gasteiger partial charge in [0.2, 0.25) is 0 Å². The SMILES string of the molecule is Cc1c[c-]c2c(ccc3c(C)c(C)cnc32)c1C.Cc1cnc2c(ccc3c(C)c(C)cnc32)c1C.O=COc1ccnc(-c2cc(C(=O)O)ccn2)c1.O=COc1ccnc(-c2cc(C(=O)[O-])ccn2)c1.[Ru+2].[Ru+].c1ccc2[n-]c(-c3nc4ccccc4[n-]3)nc2c1. The van der Waals surface area contributed by atoms with Gasteiger partial charge in [0.25, 0.3) is 12.9 Å². The molecule has 21 heteroatoms. The number of aromatic nitrogens is 11. The standard InChI is InChI=1S/C17H16N.C16H16N2.C14H8N4.2C12H8N2O4.2Ru/c1-10-5-6-16-14(12(10)3)7-8-15-13(4)11(2)9-18-17(15)16;1-9-7-17-15-13(11(9)3)5-6-14-12(4)10(2)8-18-16(14)15;1-2-6-10-9(5-1)15-13(16-10)14-17-11-7-3-4-8-12(11)18-14;2*15-7-18-9-2-4-14-11(6-9)10-5-8(12(16)17)1-3-13-10;;/h5,7-9H,1-4H3;5-8H,1-4H3;1-8H;2*1-7H,(H,16,17);;/q-1;;-2;;;+1;+2/p-1. The van der Waals surface area contributed by atoms with E-state index in [1.807, 2.05) is 67.1 Å². The van der Waals surface area contributed by atoms with E-state index in [1.54, 1.807) is 0 Å². The summed E-state index contributed by atoms with van der Waals surface area (Å²) in [5.41, 5.74) is 18.5. The van der Waals surface area contributed by atoms with E-state index < -0.39 is 11.9 Å². The summed E-state index contributed by atoms with van der Waals surface area (Å²) in [6.45, 7) is 17.6. The minimum Gasteiger partial charge on any atom is -0.545 e. The van der Waals surface area contributed by atoms with Crippen molar-refractivity contribution in [3.05, 3.63) is 232 Å². The van der Waals surface area contributed by atoms with Crippen LogP contribution in [0.25, 0.3) is 100.0 Å². The number of hydrogen-bond acceptors (Lipinski definition) is 16. The van der Waals surface area contributed by atoms with Crippen molar-refractivity contribution >= 4 is 90.4 Å². The number of carbonyl (C=O) groups excluding carboxylic acids is 3. The molecule has 0 aliphatic carbocycles. The number of carboxylic acid groups (broad SMARTS) is 2. The van der Waals surface area contributed by atoms with Crippen LogP contribution in [0.2, 0.25) is 0 Å². The number of carbonyl (C=O) groups is 4. The third kappa shape index (κ3) is 15.1. The summed E-state index contributed by atoms with van der Waals surface area (Å²) in [5.74, 6) is -0.536. The van der Waals surface area contributed by atoms with Crippen molar-refractivity contribution in [2.75, 3.05) is 0 Å². The van der Waals surface area contributed by atoms with Gasteiger partial charge in [0.05, 0.1) is 45.3 Å². The predicted octanol–water partition coefficient (Wildman–Crippen LogP) is 12.2. The quantitative estimate of drug-likeness (QED) is 0.0608. The minimum absolute atomic E-state index is 0. The zero-order chi connectivity index (χ0) is 63.6. The van der Waals surface area contributed by atoms with Crippen molar-refractivity contribution < 1.29 is 77.8 Å². The fraction of sp³-hybridized carbons (Fsp3) is 0.113. The largest absolute Gasteiger partial charge is 2.00 e. The second-order valence-electron chi connectivity index (χ2n) is 20.7. The van der Waals surface area contributed by atoms with E-state index in [1.165, 1.54) is 139 Å². The molecule has 0 amide bonds. The number of imidazole rings is 2. The maximum Gasteiger partial charge on any atom is 2.00 e. The molecule has 19 nitrogen and oxygen atoms in total. The van der Waals surface area contributed by atoms with Gasteiger partial charge in [0.1, 0.15) is 11.5 Å². The van der Waals surface area contributed by atoms with Gasteiger partial charge in [-0.15, -0.1) is 34.0 Å². The number of fused-ring (bicyclic) bond motifs is 8. The monoisotopic (exact) mass is 1390 g/mol. The molecule has 0 aliphatic heterocycles. The molecule has 9 aromatic heterocycles. The van der Waals surface area contributed by atoms with Gasteiger partial charge in [-0.05, 0) is 144 Å². The van der Waals surface area contributed by atoms with Crippen LogP contribution in [0.15, 0.2) is 171 Å². The van der Waals surface area contributed by atoms with E-state index in [9.17, 15) is 24.3 Å². The normalized spacial score (nSPS) is 10.5. The summed E-state index contributed by atoms with van der Waals surface area (Å²) in [7, 11) is 0. The molecule has 459 valence electrons. The topological polar surface area (TPSA) is 274 Å². The van der Waals surface area contributed by atoms with Crippen LogP contribution in [0.5, 0.6) is 11.5 Å². The molecule has 0 atom stereocenters. The van der Waals surface area contributed by atoms with Crippen molar-refractivity contribution in [3.63, 3.8) is 0 Å². The van der Waals surface area contributed by atoms with Crippen LogP contribution < -0.4 is 24.5 Å². The number of benzene rings is 5. The third-order valence-electron chi connectivity index (χ3n) is 15.1. The van der Waals surface area contributed by atoms with E-state index in [0.717, 1.165) is 44.0 Å². The summed E-state index contributed by atoms with van der Waals surface area (Å²) in [4.78, 5) is 89.6. The molecule has 0 saturated carbocycles. The number of para-hydroxylation sites is 4. The van der Waals surface area contributed by atoms with Crippen LogP contribution in [0.4, 0.5) is 0 Å². The average molecular weight is 1390 g/mol. The molecular formula is C71H55N11O8Ru2-. The second-order valence-corrected chi connectivity index (χ2v) is 20.7. The zero-order valence-corrected chi connectivity index (χ0v) is 54.2. The van der Waals surface area contributed by atoms with Crippen LogP contribution in [-0.2, 0) is 48.5 Å².